The van der Waals surface area contributed by atoms with Crippen LogP contribution in [0.4, 0.5) is 0 Å². The maximum absolute atomic E-state index is 12.1. The molecule has 2 heterocycles. The highest BCUT2D eigenvalue weighted by Gasteiger charge is 2.23. The zero-order chi connectivity index (χ0) is 14.6. The van der Waals surface area contributed by atoms with Crippen LogP contribution in [0, 0.1) is 5.41 Å². The van der Waals surface area contributed by atoms with Gasteiger partial charge in [-0.1, -0.05) is 20.8 Å². The first kappa shape index (κ1) is 15.8. The summed E-state index contributed by atoms with van der Waals surface area (Å²) >= 11 is 0. The summed E-state index contributed by atoms with van der Waals surface area (Å²) in [6.45, 7) is 15.0. The Bertz CT molecular complexity index is 310. The van der Waals surface area contributed by atoms with E-state index in [1.165, 1.54) is 25.8 Å². The Kier molecular flexibility index (Phi) is 5.44. The zero-order valence-corrected chi connectivity index (χ0v) is 13.5. The van der Waals surface area contributed by atoms with Crippen molar-refractivity contribution in [3.8, 4) is 0 Å². The van der Waals surface area contributed by atoms with Gasteiger partial charge >= 0.3 is 0 Å². The quantitative estimate of drug-likeness (QED) is 0.784. The number of likely N-dealkylation sites (tertiary alicyclic amines) is 1. The van der Waals surface area contributed by atoms with Crippen molar-refractivity contribution in [2.24, 2.45) is 5.41 Å². The highest BCUT2D eigenvalue weighted by Crippen LogP contribution is 2.19. The fourth-order valence-electron chi connectivity index (χ4n) is 2.92. The second-order valence-electron chi connectivity index (χ2n) is 7.52. The van der Waals surface area contributed by atoms with E-state index in [9.17, 15) is 4.79 Å². The molecule has 2 saturated heterocycles. The predicted molar refractivity (Wildman–Crippen MR) is 82.8 cm³/mol. The first-order chi connectivity index (χ1) is 9.44. The van der Waals surface area contributed by atoms with Crippen molar-refractivity contribution in [1.29, 1.82) is 0 Å². The van der Waals surface area contributed by atoms with Gasteiger partial charge in [-0.15, -0.1) is 0 Å². The Morgan fingerprint density at radius 3 is 2.00 bits per heavy atom. The van der Waals surface area contributed by atoms with E-state index in [2.05, 4.69) is 30.6 Å². The van der Waals surface area contributed by atoms with E-state index in [-0.39, 0.29) is 0 Å². The molecular weight excluding hydrogens is 250 g/mol. The molecule has 0 aromatic rings. The van der Waals surface area contributed by atoms with Crippen molar-refractivity contribution in [2.45, 2.75) is 40.0 Å². The van der Waals surface area contributed by atoms with Crippen molar-refractivity contribution in [1.82, 2.24) is 14.7 Å². The molecule has 0 aromatic heterocycles. The summed E-state index contributed by atoms with van der Waals surface area (Å²) in [7, 11) is 0. The van der Waals surface area contributed by atoms with Crippen LogP contribution in [0.15, 0.2) is 0 Å². The molecule has 2 aliphatic rings. The summed E-state index contributed by atoms with van der Waals surface area (Å²) in [4.78, 5) is 19.0. The van der Waals surface area contributed by atoms with Gasteiger partial charge in [0.25, 0.3) is 0 Å². The van der Waals surface area contributed by atoms with E-state index in [1.807, 2.05) is 4.90 Å². The van der Waals surface area contributed by atoms with Crippen LogP contribution in [-0.2, 0) is 4.79 Å². The molecule has 0 unspecified atom stereocenters. The third kappa shape index (κ3) is 5.06. The van der Waals surface area contributed by atoms with E-state index in [0.29, 0.717) is 17.9 Å². The van der Waals surface area contributed by atoms with Crippen LogP contribution in [-0.4, -0.2) is 73.0 Å². The topological polar surface area (TPSA) is 26.8 Å². The molecule has 0 spiro atoms. The third-order valence-electron chi connectivity index (χ3n) is 4.46. The van der Waals surface area contributed by atoms with Crippen LogP contribution < -0.4 is 0 Å². The fourth-order valence-corrected chi connectivity index (χ4v) is 2.92. The second-order valence-corrected chi connectivity index (χ2v) is 7.52. The summed E-state index contributed by atoms with van der Waals surface area (Å²) < 4.78 is 0. The van der Waals surface area contributed by atoms with Gasteiger partial charge in [0.15, 0.2) is 0 Å². The normalized spacial score (nSPS) is 22.4. The fraction of sp³-hybridized carbons (Fsp3) is 0.938. The smallest absolute Gasteiger partial charge is 0.236 e. The molecule has 2 rings (SSSR count). The average molecular weight is 281 g/mol. The molecule has 2 aliphatic heterocycles. The van der Waals surface area contributed by atoms with Gasteiger partial charge < -0.3 is 9.80 Å². The minimum Gasteiger partial charge on any atom is -0.342 e. The van der Waals surface area contributed by atoms with E-state index in [4.69, 9.17) is 0 Å². The number of nitrogens with zero attached hydrogens (tertiary/aromatic N) is 3. The molecule has 0 bridgehead atoms. The van der Waals surface area contributed by atoms with Crippen molar-refractivity contribution in [3.05, 3.63) is 0 Å². The van der Waals surface area contributed by atoms with E-state index < -0.39 is 0 Å². The summed E-state index contributed by atoms with van der Waals surface area (Å²) in [5.41, 5.74) is 0.419. The zero-order valence-electron chi connectivity index (χ0n) is 13.5. The van der Waals surface area contributed by atoms with Gasteiger partial charge in [-0.05, 0) is 31.2 Å². The number of rotatable bonds is 4. The number of carbonyl (C=O) groups is 1. The monoisotopic (exact) mass is 281 g/mol. The minimum absolute atomic E-state index is 0.339. The summed E-state index contributed by atoms with van der Waals surface area (Å²) in [5, 5.41) is 0. The standard InChI is InChI=1S/C16H31N3O/c1-16(2,3)6-9-17-10-12-18(13-11-17)14-15(20)19-7-4-5-8-19/h4-14H2,1-3H3. The lowest BCUT2D eigenvalue weighted by molar-refractivity contribution is -0.131. The Balaban J connectivity index is 1.65. The molecule has 0 saturated carbocycles. The van der Waals surface area contributed by atoms with E-state index in [0.717, 1.165) is 39.3 Å². The van der Waals surface area contributed by atoms with Gasteiger partial charge in [-0.3, -0.25) is 9.69 Å². The maximum atomic E-state index is 12.1. The molecule has 0 N–H and O–H groups in total. The molecule has 2 fully saturated rings. The maximum Gasteiger partial charge on any atom is 0.236 e. The molecule has 0 atom stereocenters. The molecule has 116 valence electrons. The lowest BCUT2D eigenvalue weighted by atomic mass is 9.92. The molecular formula is C16H31N3O. The van der Waals surface area contributed by atoms with Crippen molar-refractivity contribution < 1.29 is 4.79 Å². The van der Waals surface area contributed by atoms with E-state index >= 15 is 0 Å². The van der Waals surface area contributed by atoms with Crippen molar-refractivity contribution in [3.63, 3.8) is 0 Å². The van der Waals surface area contributed by atoms with Crippen molar-refractivity contribution >= 4 is 5.91 Å². The Morgan fingerprint density at radius 2 is 1.45 bits per heavy atom. The highest BCUT2D eigenvalue weighted by atomic mass is 16.2. The van der Waals surface area contributed by atoms with Crippen molar-refractivity contribution in [2.75, 3.05) is 52.4 Å². The Labute approximate surface area is 124 Å². The molecule has 4 heteroatoms. The first-order valence-electron chi connectivity index (χ1n) is 8.16. The van der Waals surface area contributed by atoms with Crippen LogP contribution in [0.5, 0.6) is 0 Å². The average Bonchev–Trinajstić information content (AvgIpc) is 2.91. The number of hydrogen-bond acceptors (Lipinski definition) is 3. The molecule has 0 aromatic carbocycles. The van der Waals surface area contributed by atoms with Gasteiger partial charge in [-0.2, -0.15) is 0 Å². The van der Waals surface area contributed by atoms with E-state index in [1.54, 1.807) is 0 Å². The Hall–Kier alpha value is -0.610. The Morgan fingerprint density at radius 1 is 0.900 bits per heavy atom. The number of carbonyl (C=O) groups excluding carboxylic acids is 1. The summed E-state index contributed by atoms with van der Waals surface area (Å²) in [6.07, 6.45) is 3.62. The minimum atomic E-state index is 0.339. The molecule has 1 amide bonds. The molecule has 0 aliphatic carbocycles. The first-order valence-corrected chi connectivity index (χ1v) is 8.16. The van der Waals surface area contributed by atoms with Gasteiger partial charge in [0.2, 0.25) is 5.91 Å². The third-order valence-corrected chi connectivity index (χ3v) is 4.46. The molecule has 4 nitrogen and oxygen atoms in total. The van der Waals surface area contributed by atoms with Gasteiger partial charge in [0.05, 0.1) is 6.54 Å². The van der Waals surface area contributed by atoms with Crippen LogP contribution in [0.3, 0.4) is 0 Å². The predicted octanol–water partition coefficient (Wildman–Crippen LogP) is 1.66. The second kappa shape index (κ2) is 6.90. The highest BCUT2D eigenvalue weighted by molar-refractivity contribution is 5.78. The molecule has 20 heavy (non-hydrogen) atoms. The summed E-state index contributed by atoms with van der Waals surface area (Å²) in [6, 6.07) is 0. The summed E-state index contributed by atoms with van der Waals surface area (Å²) in [5.74, 6) is 0.339. The number of hydrogen-bond donors (Lipinski definition) is 0. The van der Waals surface area contributed by atoms with Crippen LogP contribution in [0.1, 0.15) is 40.0 Å². The molecule has 0 radical (unpaired) electrons. The lowest BCUT2D eigenvalue weighted by Gasteiger charge is -2.36. The van der Waals surface area contributed by atoms with Gasteiger partial charge in [0, 0.05) is 39.3 Å². The van der Waals surface area contributed by atoms with Crippen LogP contribution in [0.25, 0.3) is 0 Å². The van der Waals surface area contributed by atoms with Crippen LogP contribution in [0.2, 0.25) is 0 Å². The largest absolute Gasteiger partial charge is 0.342 e. The SMILES string of the molecule is CC(C)(C)CCN1CCN(CC(=O)N2CCCC2)CC1. The van der Waals surface area contributed by atoms with Gasteiger partial charge in [0.1, 0.15) is 0 Å². The van der Waals surface area contributed by atoms with Gasteiger partial charge in [-0.25, -0.2) is 0 Å². The van der Waals surface area contributed by atoms with Crippen LogP contribution >= 0.6 is 0 Å². The number of piperazine rings is 1. The number of amides is 1. The lowest BCUT2D eigenvalue weighted by Crippen LogP contribution is -2.50.